The Kier molecular flexibility index (Phi) is 9.53. The van der Waals surface area contributed by atoms with Crippen LogP contribution in [0.1, 0.15) is 47.8 Å². The van der Waals surface area contributed by atoms with Crippen LogP contribution in [0.25, 0.3) is 0 Å². The van der Waals surface area contributed by atoms with Gasteiger partial charge in [-0.25, -0.2) is 4.79 Å². The number of hydrogen-bond acceptors (Lipinski definition) is 6. The second kappa shape index (κ2) is 10.8. The number of thioether (sulfide) groups is 1. The topological polar surface area (TPSA) is 56.6 Å². The molecule has 1 aromatic rings. The number of aromatic nitrogens is 2. The summed E-state index contributed by atoms with van der Waals surface area (Å²) < 4.78 is 12.6. The Morgan fingerprint density at radius 2 is 1.84 bits per heavy atom. The Morgan fingerprint density at radius 1 is 1.20 bits per heavy atom. The number of hydrogen-bond donors (Lipinski definition) is 0. The van der Waals surface area contributed by atoms with Crippen molar-refractivity contribution in [1.82, 2.24) is 9.55 Å². The highest BCUT2D eigenvalue weighted by Gasteiger charge is 2.18. The zero-order valence-corrected chi connectivity index (χ0v) is 17.4. The van der Waals surface area contributed by atoms with Crippen molar-refractivity contribution in [1.29, 1.82) is 0 Å². The Morgan fingerprint density at radius 3 is 2.32 bits per heavy atom. The van der Waals surface area contributed by atoms with Crippen molar-refractivity contribution < 1.29 is 9.47 Å². The predicted octanol–water partition coefficient (Wildman–Crippen LogP) is 3.17. The standard InChI is InChI=1S/C18H33N3O3S/c1-13(2)21(14(3)4)16-8-9-20(18(22)19-16)17(23-7)12-25-11-10-24-15(5)6/h8-9,13-15,17H,10-12H2,1-7H3/t17-/m0/s1. The molecule has 0 N–H and O–H groups in total. The second-order valence-corrected chi connectivity index (χ2v) is 7.90. The maximum absolute atomic E-state index is 12.5. The molecule has 0 aliphatic heterocycles. The third-order valence-corrected chi connectivity index (χ3v) is 4.69. The third kappa shape index (κ3) is 6.99. The molecule has 0 radical (unpaired) electrons. The van der Waals surface area contributed by atoms with Crippen molar-refractivity contribution in [2.75, 3.05) is 30.1 Å². The smallest absolute Gasteiger partial charge is 0.351 e. The molecule has 1 rings (SSSR count). The van der Waals surface area contributed by atoms with E-state index in [9.17, 15) is 4.79 Å². The summed E-state index contributed by atoms with van der Waals surface area (Å²) in [6, 6.07) is 2.44. The van der Waals surface area contributed by atoms with Crippen LogP contribution in [-0.2, 0) is 9.47 Å². The number of rotatable bonds is 11. The van der Waals surface area contributed by atoms with Gasteiger partial charge in [0.25, 0.3) is 0 Å². The van der Waals surface area contributed by atoms with Gasteiger partial charge in [0.2, 0.25) is 0 Å². The van der Waals surface area contributed by atoms with Gasteiger partial charge in [-0.1, -0.05) is 0 Å². The van der Waals surface area contributed by atoms with Gasteiger partial charge in [-0.05, 0) is 47.6 Å². The summed E-state index contributed by atoms with van der Waals surface area (Å²) in [5.74, 6) is 2.25. The molecule has 0 aliphatic rings. The van der Waals surface area contributed by atoms with Crippen LogP contribution in [-0.4, -0.2) is 53.0 Å². The van der Waals surface area contributed by atoms with E-state index in [0.717, 1.165) is 5.75 Å². The molecule has 144 valence electrons. The zero-order valence-electron chi connectivity index (χ0n) is 16.6. The quantitative estimate of drug-likeness (QED) is 0.557. The van der Waals surface area contributed by atoms with Crippen LogP contribution < -0.4 is 10.6 Å². The highest BCUT2D eigenvalue weighted by atomic mass is 32.2. The van der Waals surface area contributed by atoms with E-state index in [4.69, 9.17) is 9.47 Å². The first kappa shape index (κ1) is 22.0. The van der Waals surface area contributed by atoms with E-state index in [2.05, 4.69) is 37.6 Å². The molecule has 0 saturated carbocycles. The summed E-state index contributed by atoms with van der Waals surface area (Å²) in [5, 5.41) is 0. The van der Waals surface area contributed by atoms with Gasteiger partial charge in [0.1, 0.15) is 12.0 Å². The normalized spacial score (nSPS) is 13.0. The monoisotopic (exact) mass is 371 g/mol. The molecule has 0 spiro atoms. The lowest BCUT2D eigenvalue weighted by molar-refractivity contribution is 0.0602. The van der Waals surface area contributed by atoms with Crippen LogP contribution in [0.4, 0.5) is 5.82 Å². The maximum atomic E-state index is 12.5. The summed E-state index contributed by atoms with van der Waals surface area (Å²) in [6.07, 6.45) is 1.69. The van der Waals surface area contributed by atoms with Gasteiger partial charge in [0.15, 0.2) is 0 Å². The minimum atomic E-state index is -0.329. The van der Waals surface area contributed by atoms with Gasteiger partial charge in [-0.2, -0.15) is 16.7 Å². The summed E-state index contributed by atoms with van der Waals surface area (Å²) in [5.41, 5.74) is -0.283. The third-order valence-electron chi connectivity index (χ3n) is 3.71. The van der Waals surface area contributed by atoms with Crippen molar-refractivity contribution in [2.24, 2.45) is 0 Å². The highest BCUT2D eigenvalue weighted by Crippen LogP contribution is 2.18. The molecule has 0 bridgehead atoms. The van der Waals surface area contributed by atoms with Crippen LogP contribution in [0.5, 0.6) is 0 Å². The first-order valence-electron chi connectivity index (χ1n) is 8.87. The van der Waals surface area contributed by atoms with Gasteiger partial charge >= 0.3 is 5.69 Å². The Balaban J connectivity index is 2.78. The predicted molar refractivity (Wildman–Crippen MR) is 106 cm³/mol. The molecule has 0 saturated heterocycles. The van der Waals surface area contributed by atoms with Gasteiger partial charge in [-0.15, -0.1) is 0 Å². The van der Waals surface area contributed by atoms with Crippen LogP contribution in [0.15, 0.2) is 17.1 Å². The summed E-state index contributed by atoms with van der Waals surface area (Å²) in [4.78, 5) is 18.9. The first-order valence-corrected chi connectivity index (χ1v) is 10.0. The average molecular weight is 372 g/mol. The van der Waals surface area contributed by atoms with E-state index >= 15 is 0 Å². The maximum Gasteiger partial charge on any atom is 0.351 e. The minimum absolute atomic E-state index is 0.239. The van der Waals surface area contributed by atoms with Gasteiger partial charge < -0.3 is 14.4 Å². The number of nitrogens with zero attached hydrogens (tertiary/aromatic N) is 3. The van der Waals surface area contributed by atoms with E-state index in [0.29, 0.717) is 18.2 Å². The lowest BCUT2D eigenvalue weighted by Gasteiger charge is -2.32. The molecule has 1 heterocycles. The lowest BCUT2D eigenvalue weighted by Crippen LogP contribution is -2.40. The molecule has 25 heavy (non-hydrogen) atoms. The average Bonchev–Trinajstić information content (AvgIpc) is 2.51. The summed E-state index contributed by atoms with van der Waals surface area (Å²) in [7, 11) is 1.62. The fourth-order valence-electron chi connectivity index (χ4n) is 2.68. The molecule has 0 aliphatic carbocycles. The molecule has 6 nitrogen and oxygen atoms in total. The SMILES string of the molecule is CO[C@@H](CSCCOC(C)C)n1ccc(N(C(C)C)C(C)C)nc1=O. The molecular formula is C18H33N3O3S. The van der Waals surface area contributed by atoms with Gasteiger partial charge in [0.05, 0.1) is 12.7 Å². The van der Waals surface area contributed by atoms with Crippen LogP contribution >= 0.6 is 11.8 Å². The number of methoxy groups -OCH3 is 1. The molecule has 1 atom stereocenters. The molecular weight excluding hydrogens is 338 g/mol. The summed E-state index contributed by atoms with van der Waals surface area (Å²) >= 11 is 1.70. The minimum Gasteiger partial charge on any atom is -0.378 e. The van der Waals surface area contributed by atoms with Crippen molar-refractivity contribution >= 4 is 17.6 Å². The second-order valence-electron chi connectivity index (χ2n) is 6.76. The van der Waals surface area contributed by atoms with E-state index in [1.165, 1.54) is 0 Å². The fraction of sp³-hybridized carbons (Fsp3) is 0.778. The Hall–Kier alpha value is -1.05. The van der Waals surface area contributed by atoms with Crippen molar-refractivity contribution in [3.63, 3.8) is 0 Å². The van der Waals surface area contributed by atoms with E-state index in [-0.39, 0.29) is 30.1 Å². The van der Waals surface area contributed by atoms with Crippen LogP contribution in [0.3, 0.4) is 0 Å². The van der Waals surface area contributed by atoms with E-state index in [1.54, 1.807) is 29.6 Å². The molecule has 7 heteroatoms. The Labute approximate surface area is 155 Å². The summed E-state index contributed by atoms with van der Waals surface area (Å²) in [6.45, 7) is 13.1. The number of anilines is 1. The van der Waals surface area contributed by atoms with Crippen LogP contribution in [0, 0.1) is 0 Å². The lowest BCUT2D eigenvalue weighted by atomic mass is 10.2. The zero-order chi connectivity index (χ0) is 19.0. The van der Waals surface area contributed by atoms with E-state index in [1.807, 2.05) is 19.9 Å². The highest BCUT2D eigenvalue weighted by molar-refractivity contribution is 7.99. The van der Waals surface area contributed by atoms with Crippen molar-refractivity contribution in [3.8, 4) is 0 Å². The molecule has 0 unspecified atom stereocenters. The first-order chi connectivity index (χ1) is 11.8. The van der Waals surface area contributed by atoms with Crippen molar-refractivity contribution in [3.05, 3.63) is 22.7 Å². The Bertz CT molecular complexity index is 553. The molecule has 0 amide bonds. The molecule has 0 fully saturated rings. The van der Waals surface area contributed by atoms with Crippen molar-refractivity contribution in [2.45, 2.75) is 66.0 Å². The van der Waals surface area contributed by atoms with Gasteiger partial charge in [-0.3, -0.25) is 4.57 Å². The number of ether oxygens (including phenoxy) is 2. The fourth-order valence-corrected chi connectivity index (χ4v) is 3.56. The van der Waals surface area contributed by atoms with Gasteiger partial charge in [0, 0.05) is 36.9 Å². The van der Waals surface area contributed by atoms with Crippen LogP contribution in [0.2, 0.25) is 0 Å². The largest absolute Gasteiger partial charge is 0.378 e. The van der Waals surface area contributed by atoms with E-state index < -0.39 is 0 Å². The molecule has 0 aromatic carbocycles. The molecule has 1 aromatic heterocycles.